The van der Waals surface area contributed by atoms with Crippen molar-refractivity contribution in [3.63, 3.8) is 0 Å². The zero-order valence-electron chi connectivity index (χ0n) is 17.5. The van der Waals surface area contributed by atoms with Gasteiger partial charge in [-0.25, -0.2) is 0 Å². The van der Waals surface area contributed by atoms with Crippen LogP contribution in [0.2, 0.25) is 0 Å². The number of amides is 2. The lowest BCUT2D eigenvalue weighted by molar-refractivity contribution is -0.125. The van der Waals surface area contributed by atoms with Gasteiger partial charge in [0, 0.05) is 32.7 Å². The quantitative estimate of drug-likeness (QED) is 0.476. The fraction of sp³-hybridized carbons (Fsp3) is 0.667. The molecule has 6 nitrogen and oxygen atoms in total. The average molecular weight is 437 g/mol. The fourth-order valence-electron chi connectivity index (χ4n) is 3.94. The molecule has 0 radical (unpaired) electrons. The van der Waals surface area contributed by atoms with Gasteiger partial charge < -0.3 is 15.1 Å². The Bertz CT molecular complexity index is 712. The highest BCUT2D eigenvalue weighted by Crippen LogP contribution is 2.22. The lowest BCUT2D eigenvalue weighted by Crippen LogP contribution is -2.48. The molecular weight excluding hydrogens is 404 g/mol. The minimum Gasteiger partial charge on any atom is -0.335 e. The maximum absolute atomic E-state index is 12.4. The minimum absolute atomic E-state index is 0.000291. The average Bonchev–Trinajstić information content (AvgIpc) is 3.30. The molecular formula is C21H32N4O2S2. The minimum atomic E-state index is -0.524. The van der Waals surface area contributed by atoms with E-state index in [2.05, 4.69) is 10.2 Å². The van der Waals surface area contributed by atoms with Crippen LogP contribution in [0.4, 0.5) is 0 Å². The largest absolute Gasteiger partial charge is 0.335 e. The summed E-state index contributed by atoms with van der Waals surface area (Å²) >= 11 is 6.79. The lowest BCUT2D eigenvalue weighted by atomic mass is 10.0. The SMILES string of the molecule is CC1(C)C(=O)NC(=S)N1CCCCCCCN1CCN(C(=O)c2cccs2)CC1. The maximum Gasteiger partial charge on any atom is 0.264 e. The summed E-state index contributed by atoms with van der Waals surface area (Å²) in [6.45, 7) is 9.40. The van der Waals surface area contributed by atoms with Crippen LogP contribution in [-0.4, -0.2) is 76.4 Å². The van der Waals surface area contributed by atoms with Gasteiger partial charge in [-0.2, -0.15) is 0 Å². The van der Waals surface area contributed by atoms with E-state index >= 15 is 0 Å². The van der Waals surface area contributed by atoms with Crippen molar-refractivity contribution in [3.8, 4) is 0 Å². The summed E-state index contributed by atoms with van der Waals surface area (Å²) in [5.74, 6) is 0.178. The molecule has 160 valence electrons. The van der Waals surface area contributed by atoms with E-state index in [1.165, 1.54) is 30.6 Å². The molecule has 29 heavy (non-hydrogen) atoms. The second-order valence-corrected chi connectivity index (χ2v) is 9.68. The van der Waals surface area contributed by atoms with Gasteiger partial charge in [0.1, 0.15) is 5.54 Å². The summed E-state index contributed by atoms with van der Waals surface area (Å²) in [6, 6.07) is 3.84. The van der Waals surface area contributed by atoms with Crippen molar-refractivity contribution in [1.82, 2.24) is 20.0 Å². The number of piperazine rings is 1. The van der Waals surface area contributed by atoms with Crippen LogP contribution in [0.15, 0.2) is 17.5 Å². The van der Waals surface area contributed by atoms with Gasteiger partial charge in [0.25, 0.3) is 11.8 Å². The number of nitrogens with one attached hydrogen (secondary N) is 1. The Morgan fingerprint density at radius 1 is 1.10 bits per heavy atom. The molecule has 0 spiro atoms. The molecule has 8 heteroatoms. The highest BCUT2D eigenvalue weighted by atomic mass is 32.1. The van der Waals surface area contributed by atoms with Crippen LogP contribution in [0.1, 0.15) is 55.6 Å². The Kier molecular flexibility index (Phi) is 7.65. The molecule has 0 atom stereocenters. The van der Waals surface area contributed by atoms with Gasteiger partial charge in [-0.1, -0.05) is 25.3 Å². The monoisotopic (exact) mass is 436 g/mol. The molecule has 1 aromatic rings. The molecule has 0 saturated carbocycles. The molecule has 1 aromatic heterocycles. The molecule has 0 aromatic carbocycles. The van der Waals surface area contributed by atoms with Gasteiger partial charge in [0.2, 0.25) is 0 Å². The number of carbonyl (C=O) groups excluding carboxylic acids is 2. The molecule has 0 unspecified atom stereocenters. The Hall–Kier alpha value is -1.51. The number of thiocarbonyl (C=S) groups is 1. The smallest absolute Gasteiger partial charge is 0.264 e. The molecule has 2 fully saturated rings. The summed E-state index contributed by atoms with van der Waals surface area (Å²) in [5, 5.41) is 5.29. The Labute approximate surface area is 183 Å². The summed E-state index contributed by atoms with van der Waals surface area (Å²) in [4.78, 5) is 31.6. The molecule has 2 saturated heterocycles. The number of hydrogen-bond donors (Lipinski definition) is 1. The third-order valence-electron chi connectivity index (χ3n) is 5.94. The molecule has 1 N–H and O–H groups in total. The van der Waals surface area contributed by atoms with Gasteiger partial charge in [0.15, 0.2) is 5.11 Å². The Morgan fingerprint density at radius 2 is 1.76 bits per heavy atom. The standard InChI is InChI=1S/C21H32N4O2S2/c1-21(2)19(27)22-20(28)25(21)11-7-5-3-4-6-10-23-12-14-24(15-13-23)18(26)17-9-8-16-29-17/h8-9,16H,3-7,10-15H2,1-2H3,(H,22,27,28). The first kappa shape index (κ1) is 22.2. The highest BCUT2D eigenvalue weighted by Gasteiger charge is 2.42. The van der Waals surface area contributed by atoms with E-state index in [-0.39, 0.29) is 11.8 Å². The first-order valence-corrected chi connectivity index (χ1v) is 11.9. The van der Waals surface area contributed by atoms with Gasteiger partial charge in [-0.15, -0.1) is 11.3 Å². The number of unbranched alkanes of at least 4 members (excludes halogenated alkanes) is 4. The van der Waals surface area contributed by atoms with Crippen molar-refractivity contribution in [2.24, 2.45) is 0 Å². The second-order valence-electron chi connectivity index (χ2n) is 8.35. The van der Waals surface area contributed by atoms with Gasteiger partial charge in [0.05, 0.1) is 4.88 Å². The first-order valence-electron chi connectivity index (χ1n) is 10.6. The fourth-order valence-corrected chi connectivity index (χ4v) is 5.04. The predicted octanol–water partition coefficient (Wildman–Crippen LogP) is 2.95. The van der Waals surface area contributed by atoms with Gasteiger partial charge in [-0.05, 0) is 56.9 Å². The third-order valence-corrected chi connectivity index (χ3v) is 7.12. The number of rotatable bonds is 9. The van der Waals surface area contributed by atoms with E-state index in [9.17, 15) is 9.59 Å². The lowest BCUT2D eigenvalue weighted by Gasteiger charge is -2.34. The van der Waals surface area contributed by atoms with Crippen molar-refractivity contribution in [1.29, 1.82) is 0 Å². The summed E-state index contributed by atoms with van der Waals surface area (Å²) in [7, 11) is 0. The van der Waals surface area contributed by atoms with E-state index < -0.39 is 5.54 Å². The molecule has 2 aliphatic heterocycles. The van der Waals surface area contributed by atoms with Crippen LogP contribution < -0.4 is 5.32 Å². The van der Waals surface area contributed by atoms with E-state index in [1.54, 1.807) is 0 Å². The van der Waals surface area contributed by atoms with E-state index in [4.69, 9.17) is 12.2 Å². The molecule has 3 heterocycles. The van der Waals surface area contributed by atoms with Crippen molar-refractivity contribution in [2.75, 3.05) is 39.3 Å². The van der Waals surface area contributed by atoms with Crippen LogP contribution in [-0.2, 0) is 4.79 Å². The van der Waals surface area contributed by atoms with E-state index in [0.29, 0.717) is 5.11 Å². The van der Waals surface area contributed by atoms with Crippen molar-refractivity contribution < 1.29 is 9.59 Å². The molecule has 2 aliphatic rings. The topological polar surface area (TPSA) is 55.9 Å². The number of nitrogens with zero attached hydrogens (tertiary/aromatic N) is 3. The molecule has 0 bridgehead atoms. The van der Waals surface area contributed by atoms with Gasteiger partial charge in [-0.3, -0.25) is 14.5 Å². The second kappa shape index (κ2) is 10.00. The van der Waals surface area contributed by atoms with E-state index in [0.717, 1.165) is 57.0 Å². The normalized spacial score (nSPS) is 19.7. The summed E-state index contributed by atoms with van der Waals surface area (Å²) in [5.41, 5.74) is -0.524. The van der Waals surface area contributed by atoms with Crippen molar-refractivity contribution >= 4 is 40.5 Å². The molecule has 3 rings (SSSR count). The summed E-state index contributed by atoms with van der Waals surface area (Å²) in [6.07, 6.45) is 5.85. The third kappa shape index (κ3) is 5.55. The van der Waals surface area contributed by atoms with Crippen LogP contribution in [0.25, 0.3) is 0 Å². The van der Waals surface area contributed by atoms with Crippen LogP contribution >= 0.6 is 23.6 Å². The summed E-state index contributed by atoms with van der Waals surface area (Å²) < 4.78 is 0. The van der Waals surface area contributed by atoms with Crippen LogP contribution in [0, 0.1) is 0 Å². The van der Waals surface area contributed by atoms with Crippen molar-refractivity contribution in [2.45, 2.75) is 51.5 Å². The number of hydrogen-bond acceptors (Lipinski definition) is 5. The van der Waals surface area contributed by atoms with Crippen LogP contribution in [0.5, 0.6) is 0 Å². The maximum atomic E-state index is 12.4. The highest BCUT2D eigenvalue weighted by molar-refractivity contribution is 7.80. The first-order chi connectivity index (χ1) is 13.9. The zero-order valence-corrected chi connectivity index (χ0v) is 19.1. The van der Waals surface area contributed by atoms with Gasteiger partial charge >= 0.3 is 0 Å². The predicted molar refractivity (Wildman–Crippen MR) is 121 cm³/mol. The van der Waals surface area contributed by atoms with E-state index in [1.807, 2.05) is 41.2 Å². The number of thiophene rings is 1. The number of carbonyl (C=O) groups is 2. The molecule has 2 amide bonds. The molecule has 0 aliphatic carbocycles. The zero-order chi connectivity index (χ0) is 20.9. The Balaban J connectivity index is 1.23. The van der Waals surface area contributed by atoms with Crippen molar-refractivity contribution in [3.05, 3.63) is 22.4 Å². The van der Waals surface area contributed by atoms with Crippen LogP contribution in [0.3, 0.4) is 0 Å². The Morgan fingerprint density at radius 3 is 2.34 bits per heavy atom.